The summed E-state index contributed by atoms with van der Waals surface area (Å²) in [5.41, 5.74) is 5.29. The number of hydrogen-bond acceptors (Lipinski definition) is 2. The zero-order valence-corrected chi connectivity index (χ0v) is 7.64. The van der Waals surface area contributed by atoms with E-state index in [0.29, 0.717) is 0 Å². The maximum atomic E-state index is 13.0. The van der Waals surface area contributed by atoms with Crippen LogP contribution < -0.4 is 10.5 Å². The van der Waals surface area contributed by atoms with Crippen LogP contribution in [-0.2, 0) is 6.42 Å². The van der Waals surface area contributed by atoms with Crippen LogP contribution in [0.15, 0.2) is 18.2 Å². The van der Waals surface area contributed by atoms with Gasteiger partial charge >= 0.3 is 6.36 Å². The fourth-order valence-electron chi connectivity index (χ4n) is 1.10. The van der Waals surface area contributed by atoms with Crippen molar-refractivity contribution < 1.29 is 22.3 Å². The molecule has 0 aliphatic heterocycles. The molecule has 0 atom stereocenters. The van der Waals surface area contributed by atoms with Crippen molar-refractivity contribution in [2.75, 3.05) is 6.54 Å². The molecule has 0 bridgehead atoms. The van der Waals surface area contributed by atoms with Gasteiger partial charge in [-0.15, -0.1) is 13.2 Å². The molecule has 0 aromatic heterocycles. The maximum Gasteiger partial charge on any atom is 0.573 e. The van der Waals surface area contributed by atoms with Crippen molar-refractivity contribution in [3.05, 3.63) is 29.6 Å². The molecule has 0 radical (unpaired) electrons. The molecule has 0 unspecified atom stereocenters. The minimum Gasteiger partial charge on any atom is -0.406 e. The molecule has 0 aliphatic carbocycles. The van der Waals surface area contributed by atoms with Crippen molar-refractivity contribution in [2.45, 2.75) is 12.8 Å². The summed E-state index contributed by atoms with van der Waals surface area (Å²) in [6.07, 6.45) is -4.60. The van der Waals surface area contributed by atoms with Gasteiger partial charge in [0.05, 0.1) is 0 Å². The molecule has 1 rings (SSSR count). The highest BCUT2D eigenvalue weighted by Crippen LogP contribution is 2.24. The van der Waals surface area contributed by atoms with Crippen molar-refractivity contribution in [1.29, 1.82) is 0 Å². The summed E-state index contributed by atoms with van der Waals surface area (Å²) < 4.78 is 52.1. The zero-order chi connectivity index (χ0) is 11.5. The predicted octanol–water partition coefficient (Wildman–Crippen LogP) is 2.23. The summed E-state index contributed by atoms with van der Waals surface area (Å²) in [4.78, 5) is 0. The normalized spacial score (nSPS) is 11.5. The van der Waals surface area contributed by atoms with E-state index < -0.39 is 17.9 Å². The largest absolute Gasteiger partial charge is 0.573 e. The van der Waals surface area contributed by atoms with Crippen LogP contribution in [0, 0.1) is 5.82 Å². The van der Waals surface area contributed by atoms with E-state index in [4.69, 9.17) is 5.73 Å². The fraction of sp³-hybridized carbons (Fsp3) is 0.333. The van der Waals surface area contributed by atoms with E-state index in [2.05, 4.69) is 4.74 Å². The quantitative estimate of drug-likeness (QED) is 0.797. The van der Waals surface area contributed by atoms with E-state index in [1.54, 1.807) is 0 Å². The van der Waals surface area contributed by atoms with Crippen LogP contribution in [0.3, 0.4) is 0 Å². The second-order valence-corrected chi connectivity index (χ2v) is 2.84. The number of nitrogens with two attached hydrogens (primary N) is 1. The first-order chi connectivity index (χ1) is 6.92. The number of alkyl halides is 3. The topological polar surface area (TPSA) is 35.2 Å². The van der Waals surface area contributed by atoms with E-state index in [0.717, 1.165) is 18.2 Å². The van der Waals surface area contributed by atoms with Crippen molar-refractivity contribution in [3.63, 3.8) is 0 Å². The first kappa shape index (κ1) is 11.8. The van der Waals surface area contributed by atoms with Crippen LogP contribution >= 0.6 is 0 Å². The first-order valence-corrected chi connectivity index (χ1v) is 4.16. The van der Waals surface area contributed by atoms with Gasteiger partial charge in [-0.3, -0.25) is 0 Å². The molecule has 0 saturated carbocycles. The van der Waals surface area contributed by atoms with Gasteiger partial charge in [0.15, 0.2) is 0 Å². The van der Waals surface area contributed by atoms with Gasteiger partial charge in [-0.1, -0.05) is 0 Å². The molecule has 15 heavy (non-hydrogen) atoms. The van der Waals surface area contributed by atoms with E-state index in [-0.39, 0.29) is 18.5 Å². The Hall–Kier alpha value is -1.30. The number of ether oxygens (including phenoxy) is 1. The number of hydrogen-bond donors (Lipinski definition) is 1. The number of benzene rings is 1. The van der Waals surface area contributed by atoms with E-state index in [1.807, 2.05) is 0 Å². The monoisotopic (exact) mass is 223 g/mol. The lowest BCUT2D eigenvalue weighted by atomic mass is 10.1. The average molecular weight is 223 g/mol. The minimum atomic E-state index is -4.77. The molecule has 0 heterocycles. The lowest BCUT2D eigenvalue weighted by Gasteiger charge is -2.10. The fourth-order valence-corrected chi connectivity index (χ4v) is 1.10. The first-order valence-electron chi connectivity index (χ1n) is 4.16. The third-order valence-corrected chi connectivity index (χ3v) is 1.66. The van der Waals surface area contributed by atoms with Gasteiger partial charge in [0.2, 0.25) is 0 Å². The van der Waals surface area contributed by atoms with Crippen molar-refractivity contribution in [2.24, 2.45) is 5.73 Å². The summed E-state index contributed by atoms with van der Waals surface area (Å²) in [5, 5.41) is 0. The highest BCUT2D eigenvalue weighted by molar-refractivity contribution is 5.30. The zero-order valence-electron chi connectivity index (χ0n) is 7.64. The SMILES string of the molecule is NCCc1cc(OC(F)(F)F)ccc1F. The Bertz CT molecular complexity index is 337. The highest BCUT2D eigenvalue weighted by Gasteiger charge is 2.31. The van der Waals surface area contributed by atoms with E-state index >= 15 is 0 Å². The van der Waals surface area contributed by atoms with Crippen molar-refractivity contribution in [3.8, 4) is 5.75 Å². The Balaban J connectivity index is 2.87. The molecule has 0 spiro atoms. The highest BCUT2D eigenvalue weighted by atomic mass is 19.4. The lowest BCUT2D eigenvalue weighted by molar-refractivity contribution is -0.274. The number of rotatable bonds is 3. The smallest absolute Gasteiger partial charge is 0.406 e. The van der Waals surface area contributed by atoms with Crippen LogP contribution in [0.4, 0.5) is 17.6 Å². The van der Waals surface area contributed by atoms with Gasteiger partial charge in [0.1, 0.15) is 11.6 Å². The summed E-state index contributed by atoms with van der Waals surface area (Å²) in [5.74, 6) is -1.03. The van der Waals surface area contributed by atoms with Gasteiger partial charge in [0.25, 0.3) is 0 Å². The van der Waals surface area contributed by atoms with E-state index in [1.165, 1.54) is 0 Å². The molecule has 0 aliphatic rings. The molecule has 2 nitrogen and oxygen atoms in total. The summed E-state index contributed by atoms with van der Waals surface area (Å²) in [7, 11) is 0. The molecular formula is C9H9F4NO. The van der Waals surface area contributed by atoms with Crippen molar-refractivity contribution >= 4 is 0 Å². The van der Waals surface area contributed by atoms with Crippen LogP contribution in [0.25, 0.3) is 0 Å². The molecule has 2 N–H and O–H groups in total. The third kappa shape index (κ3) is 3.75. The van der Waals surface area contributed by atoms with Crippen LogP contribution in [-0.4, -0.2) is 12.9 Å². The molecule has 0 amide bonds. The maximum absolute atomic E-state index is 13.0. The Morgan fingerprint density at radius 3 is 2.47 bits per heavy atom. The van der Waals surface area contributed by atoms with Gasteiger partial charge in [-0.2, -0.15) is 0 Å². The molecule has 6 heteroatoms. The van der Waals surface area contributed by atoms with Crippen LogP contribution in [0.2, 0.25) is 0 Å². The minimum absolute atomic E-state index is 0.110. The van der Waals surface area contributed by atoms with E-state index in [9.17, 15) is 17.6 Å². The van der Waals surface area contributed by atoms with Gasteiger partial charge in [-0.25, -0.2) is 4.39 Å². The Kier molecular flexibility index (Phi) is 3.52. The second kappa shape index (κ2) is 4.48. The van der Waals surface area contributed by atoms with Gasteiger partial charge < -0.3 is 10.5 Å². The Morgan fingerprint density at radius 1 is 1.27 bits per heavy atom. The molecular weight excluding hydrogens is 214 g/mol. The molecule has 1 aromatic rings. The summed E-state index contributed by atoms with van der Waals surface area (Å²) in [6, 6.07) is 2.84. The van der Waals surface area contributed by atoms with Crippen LogP contribution in [0.5, 0.6) is 5.75 Å². The molecule has 0 saturated heterocycles. The number of halogens is 4. The third-order valence-electron chi connectivity index (χ3n) is 1.66. The van der Waals surface area contributed by atoms with Gasteiger partial charge in [-0.05, 0) is 36.7 Å². The Labute approximate surface area is 83.6 Å². The second-order valence-electron chi connectivity index (χ2n) is 2.84. The molecule has 1 aromatic carbocycles. The lowest BCUT2D eigenvalue weighted by Crippen LogP contribution is -2.17. The van der Waals surface area contributed by atoms with Gasteiger partial charge in [0, 0.05) is 0 Å². The Morgan fingerprint density at radius 2 is 1.93 bits per heavy atom. The predicted molar refractivity (Wildman–Crippen MR) is 45.8 cm³/mol. The molecule has 84 valence electrons. The summed E-state index contributed by atoms with van der Waals surface area (Å²) in [6.45, 7) is 0.159. The molecule has 0 fully saturated rings. The average Bonchev–Trinajstić information content (AvgIpc) is 2.09. The van der Waals surface area contributed by atoms with Crippen LogP contribution in [0.1, 0.15) is 5.56 Å². The summed E-state index contributed by atoms with van der Waals surface area (Å²) >= 11 is 0. The van der Waals surface area contributed by atoms with Crippen molar-refractivity contribution in [1.82, 2.24) is 0 Å². The standard InChI is InChI=1S/C9H9F4NO/c10-8-2-1-7(15-9(11,12)13)5-6(8)3-4-14/h1-2,5H,3-4,14H2.